The molecule has 1 amide bonds. The van der Waals surface area contributed by atoms with E-state index in [1.54, 1.807) is 6.20 Å². The van der Waals surface area contributed by atoms with Gasteiger partial charge in [0.1, 0.15) is 5.82 Å². The Balaban J connectivity index is 1.71. The van der Waals surface area contributed by atoms with Crippen molar-refractivity contribution in [3.05, 3.63) is 23.9 Å². The number of pyridine rings is 1. The molecule has 1 saturated carbocycles. The van der Waals surface area contributed by atoms with Crippen LogP contribution in [0.25, 0.3) is 0 Å². The lowest BCUT2D eigenvalue weighted by Crippen LogP contribution is -2.35. The number of amides is 1. The Hall–Kier alpha value is -1.58. The number of rotatable bonds is 3. The van der Waals surface area contributed by atoms with Gasteiger partial charge >= 0.3 is 0 Å². The van der Waals surface area contributed by atoms with Crippen molar-refractivity contribution in [2.24, 2.45) is 0 Å². The van der Waals surface area contributed by atoms with E-state index in [1.165, 1.54) is 38.5 Å². The quantitative estimate of drug-likeness (QED) is 0.869. The molecule has 3 rings (SSSR count). The lowest BCUT2D eigenvalue weighted by molar-refractivity contribution is 0.0933. The summed E-state index contributed by atoms with van der Waals surface area (Å²) in [5.41, 5.74) is 0.739. The zero-order chi connectivity index (χ0) is 14.5. The number of carbonyl (C=O) groups excluding carboxylic acids is 1. The van der Waals surface area contributed by atoms with Crippen LogP contribution in [0, 0.1) is 0 Å². The van der Waals surface area contributed by atoms with Crippen molar-refractivity contribution in [1.29, 1.82) is 0 Å². The van der Waals surface area contributed by atoms with Crippen LogP contribution in [0.2, 0.25) is 0 Å². The van der Waals surface area contributed by atoms with Gasteiger partial charge < -0.3 is 10.2 Å². The highest BCUT2D eigenvalue weighted by Crippen LogP contribution is 2.23. The van der Waals surface area contributed by atoms with Crippen LogP contribution in [0.4, 0.5) is 5.82 Å². The first-order valence-corrected chi connectivity index (χ1v) is 8.35. The van der Waals surface area contributed by atoms with Gasteiger partial charge in [0.05, 0.1) is 5.56 Å². The van der Waals surface area contributed by atoms with Crippen molar-refractivity contribution >= 4 is 11.7 Å². The first-order valence-electron chi connectivity index (χ1n) is 8.35. The molecule has 1 aromatic rings. The van der Waals surface area contributed by atoms with Crippen LogP contribution >= 0.6 is 0 Å². The standard InChI is InChI=1S/C17H25N3O/c21-17(19-14-8-3-1-2-4-9-14)15-10-7-11-18-16(15)20-12-5-6-13-20/h7,10-11,14H,1-6,8-9,12-13H2,(H,19,21). The fraction of sp³-hybridized carbons (Fsp3) is 0.647. The van der Waals surface area contributed by atoms with Gasteiger partial charge in [0.15, 0.2) is 0 Å². The second-order valence-corrected chi connectivity index (χ2v) is 6.23. The highest BCUT2D eigenvalue weighted by Gasteiger charge is 2.22. The van der Waals surface area contributed by atoms with Gasteiger partial charge in [0.25, 0.3) is 5.91 Å². The monoisotopic (exact) mass is 287 g/mol. The van der Waals surface area contributed by atoms with Gasteiger partial charge in [-0.2, -0.15) is 0 Å². The molecule has 1 saturated heterocycles. The van der Waals surface area contributed by atoms with Gasteiger partial charge in [-0.15, -0.1) is 0 Å². The van der Waals surface area contributed by atoms with Crippen LogP contribution in [-0.2, 0) is 0 Å². The fourth-order valence-electron chi connectivity index (χ4n) is 3.44. The number of carbonyl (C=O) groups is 1. The average Bonchev–Trinajstić information content (AvgIpc) is 2.93. The Bertz CT molecular complexity index is 475. The average molecular weight is 287 g/mol. The third kappa shape index (κ3) is 3.55. The molecule has 4 nitrogen and oxygen atoms in total. The molecule has 0 spiro atoms. The van der Waals surface area contributed by atoms with Crippen LogP contribution in [0.5, 0.6) is 0 Å². The molecule has 0 bridgehead atoms. The maximum Gasteiger partial charge on any atom is 0.255 e. The van der Waals surface area contributed by atoms with Crippen LogP contribution in [0.1, 0.15) is 61.7 Å². The summed E-state index contributed by atoms with van der Waals surface area (Å²) in [7, 11) is 0. The summed E-state index contributed by atoms with van der Waals surface area (Å²) in [6.07, 6.45) is 11.5. The Kier molecular flexibility index (Phi) is 4.73. The summed E-state index contributed by atoms with van der Waals surface area (Å²) in [5.74, 6) is 0.915. The number of hydrogen-bond acceptors (Lipinski definition) is 3. The number of nitrogens with zero attached hydrogens (tertiary/aromatic N) is 2. The molecule has 0 unspecified atom stereocenters. The molecule has 2 fully saturated rings. The predicted molar refractivity (Wildman–Crippen MR) is 84.6 cm³/mol. The van der Waals surface area contributed by atoms with Crippen molar-refractivity contribution in [2.45, 2.75) is 57.4 Å². The minimum absolute atomic E-state index is 0.0527. The van der Waals surface area contributed by atoms with E-state index in [9.17, 15) is 4.79 Å². The van der Waals surface area contributed by atoms with E-state index >= 15 is 0 Å². The second-order valence-electron chi connectivity index (χ2n) is 6.23. The Morgan fingerprint density at radius 3 is 2.52 bits per heavy atom. The molecular weight excluding hydrogens is 262 g/mol. The molecule has 1 aliphatic heterocycles. The SMILES string of the molecule is O=C(NC1CCCCCC1)c1cccnc1N1CCCC1. The summed E-state index contributed by atoms with van der Waals surface area (Å²) < 4.78 is 0. The number of aromatic nitrogens is 1. The minimum Gasteiger partial charge on any atom is -0.356 e. The first-order chi connectivity index (χ1) is 10.3. The Morgan fingerprint density at radius 1 is 1.10 bits per heavy atom. The molecular formula is C17H25N3O. The van der Waals surface area contributed by atoms with Crippen molar-refractivity contribution in [2.75, 3.05) is 18.0 Å². The first kappa shape index (κ1) is 14.4. The van der Waals surface area contributed by atoms with Gasteiger partial charge in [0, 0.05) is 25.3 Å². The van der Waals surface area contributed by atoms with Crippen LogP contribution in [0.15, 0.2) is 18.3 Å². The van der Waals surface area contributed by atoms with E-state index in [4.69, 9.17) is 0 Å². The Labute approximate surface area is 126 Å². The minimum atomic E-state index is 0.0527. The molecule has 21 heavy (non-hydrogen) atoms. The molecule has 1 aromatic heterocycles. The highest BCUT2D eigenvalue weighted by molar-refractivity contribution is 5.99. The van der Waals surface area contributed by atoms with Gasteiger partial charge in [-0.25, -0.2) is 4.98 Å². The summed E-state index contributed by atoms with van der Waals surface area (Å²) in [4.78, 5) is 19.3. The number of nitrogens with one attached hydrogen (secondary N) is 1. The van der Waals surface area contributed by atoms with Crippen molar-refractivity contribution in [3.8, 4) is 0 Å². The normalized spacial score (nSPS) is 20.3. The molecule has 1 N–H and O–H groups in total. The zero-order valence-electron chi connectivity index (χ0n) is 12.7. The van der Waals surface area contributed by atoms with Crippen LogP contribution < -0.4 is 10.2 Å². The van der Waals surface area contributed by atoms with E-state index in [1.807, 2.05) is 12.1 Å². The van der Waals surface area contributed by atoms with Crippen LogP contribution in [0.3, 0.4) is 0 Å². The van der Waals surface area contributed by atoms with Crippen LogP contribution in [-0.4, -0.2) is 30.0 Å². The van der Waals surface area contributed by atoms with Gasteiger partial charge in [-0.1, -0.05) is 25.7 Å². The van der Waals surface area contributed by atoms with E-state index in [2.05, 4.69) is 15.2 Å². The van der Waals surface area contributed by atoms with Gasteiger partial charge in [0.2, 0.25) is 0 Å². The summed E-state index contributed by atoms with van der Waals surface area (Å²) in [6.45, 7) is 2.03. The van der Waals surface area contributed by atoms with Crippen molar-refractivity contribution in [1.82, 2.24) is 10.3 Å². The lowest BCUT2D eigenvalue weighted by Gasteiger charge is -2.21. The number of hydrogen-bond donors (Lipinski definition) is 1. The van der Waals surface area contributed by atoms with Crippen molar-refractivity contribution < 1.29 is 4.79 Å². The van der Waals surface area contributed by atoms with E-state index < -0.39 is 0 Å². The van der Waals surface area contributed by atoms with E-state index in [0.717, 1.165) is 37.3 Å². The third-order valence-electron chi connectivity index (χ3n) is 4.63. The summed E-state index contributed by atoms with van der Waals surface area (Å²) in [5, 5.41) is 3.23. The zero-order valence-corrected chi connectivity index (χ0v) is 12.7. The molecule has 0 radical (unpaired) electrons. The Morgan fingerprint density at radius 2 is 1.81 bits per heavy atom. The maximum absolute atomic E-state index is 12.6. The molecule has 114 valence electrons. The fourth-order valence-corrected chi connectivity index (χ4v) is 3.44. The van der Waals surface area contributed by atoms with Gasteiger partial charge in [-0.3, -0.25) is 4.79 Å². The second kappa shape index (κ2) is 6.92. The smallest absolute Gasteiger partial charge is 0.255 e. The van der Waals surface area contributed by atoms with Gasteiger partial charge in [-0.05, 0) is 37.8 Å². The van der Waals surface area contributed by atoms with E-state index in [-0.39, 0.29) is 5.91 Å². The molecule has 2 aliphatic rings. The predicted octanol–water partition coefficient (Wildman–Crippen LogP) is 3.13. The molecule has 0 atom stereocenters. The summed E-state index contributed by atoms with van der Waals surface area (Å²) in [6, 6.07) is 4.11. The lowest BCUT2D eigenvalue weighted by atomic mass is 10.1. The van der Waals surface area contributed by atoms with E-state index in [0.29, 0.717) is 6.04 Å². The van der Waals surface area contributed by atoms with Crippen molar-refractivity contribution in [3.63, 3.8) is 0 Å². The molecule has 4 heteroatoms. The summed E-state index contributed by atoms with van der Waals surface area (Å²) >= 11 is 0. The maximum atomic E-state index is 12.6. The third-order valence-corrected chi connectivity index (χ3v) is 4.63. The number of anilines is 1. The topological polar surface area (TPSA) is 45.2 Å². The molecule has 0 aromatic carbocycles. The largest absolute Gasteiger partial charge is 0.356 e. The highest BCUT2D eigenvalue weighted by atomic mass is 16.1. The molecule has 1 aliphatic carbocycles. The molecule has 2 heterocycles.